The standard InChI is InChI=1S/C15H22O/c1-14(2)13-6-8-15(3)7-4-5-11(10-16-14)12(13)9-15/h4,7,10,12-13H,5-6,8-9H2,1-3H3/t12-,13+,15-/m0/s1. The zero-order valence-electron chi connectivity index (χ0n) is 10.6. The minimum atomic E-state index is 0.0415. The minimum absolute atomic E-state index is 0.0415. The van der Waals surface area contributed by atoms with Crippen LogP contribution in [0.1, 0.15) is 46.5 Å². The molecule has 0 aromatic rings. The van der Waals surface area contributed by atoms with E-state index < -0.39 is 0 Å². The third-order valence-corrected chi connectivity index (χ3v) is 4.96. The highest BCUT2D eigenvalue weighted by molar-refractivity contribution is 5.23. The van der Waals surface area contributed by atoms with Gasteiger partial charge < -0.3 is 4.74 Å². The van der Waals surface area contributed by atoms with Crippen molar-refractivity contribution >= 4 is 0 Å². The quantitative estimate of drug-likeness (QED) is 0.557. The van der Waals surface area contributed by atoms with Crippen LogP contribution in [-0.4, -0.2) is 5.60 Å². The van der Waals surface area contributed by atoms with E-state index in [0.717, 1.165) is 18.3 Å². The summed E-state index contributed by atoms with van der Waals surface area (Å²) in [6.45, 7) is 6.93. The molecule has 3 rings (SSSR count). The summed E-state index contributed by atoms with van der Waals surface area (Å²) in [5.74, 6) is 1.48. The lowest BCUT2D eigenvalue weighted by atomic mass is 9.60. The van der Waals surface area contributed by atoms with Crippen LogP contribution in [0.2, 0.25) is 0 Å². The minimum Gasteiger partial charge on any atom is -0.495 e. The summed E-state index contributed by atoms with van der Waals surface area (Å²) in [5, 5.41) is 0. The van der Waals surface area contributed by atoms with Crippen LogP contribution in [0.25, 0.3) is 0 Å². The first-order valence-corrected chi connectivity index (χ1v) is 6.55. The summed E-state index contributed by atoms with van der Waals surface area (Å²) in [7, 11) is 0. The third-order valence-electron chi connectivity index (χ3n) is 4.96. The molecule has 3 aliphatic rings. The molecule has 0 radical (unpaired) electrons. The van der Waals surface area contributed by atoms with E-state index in [0.29, 0.717) is 5.41 Å². The lowest BCUT2D eigenvalue weighted by molar-refractivity contribution is -0.0638. The molecule has 0 unspecified atom stereocenters. The Morgan fingerprint density at radius 3 is 2.94 bits per heavy atom. The first-order chi connectivity index (χ1) is 7.50. The van der Waals surface area contributed by atoms with Crippen LogP contribution < -0.4 is 0 Å². The lowest BCUT2D eigenvalue weighted by Crippen LogP contribution is -2.46. The van der Waals surface area contributed by atoms with Gasteiger partial charge in [-0.05, 0) is 56.4 Å². The molecule has 0 aromatic carbocycles. The molecule has 1 saturated carbocycles. The number of ether oxygens (including phenoxy) is 1. The van der Waals surface area contributed by atoms with Gasteiger partial charge in [0.1, 0.15) is 5.60 Å². The SMILES string of the molecule is CC1(C)OC=C2CC=C[C@@]3(C)CC[C@@H]1[C@H]2C3. The maximum absolute atomic E-state index is 5.96. The molecule has 0 N–H and O–H groups in total. The number of rotatable bonds is 0. The molecule has 0 amide bonds. The predicted octanol–water partition coefficient (Wildman–Crippen LogP) is 4.06. The highest BCUT2D eigenvalue weighted by Crippen LogP contribution is 2.54. The van der Waals surface area contributed by atoms with Gasteiger partial charge in [-0.2, -0.15) is 0 Å². The van der Waals surface area contributed by atoms with Gasteiger partial charge >= 0.3 is 0 Å². The second-order valence-corrected chi connectivity index (χ2v) is 6.63. The van der Waals surface area contributed by atoms with Gasteiger partial charge in [0.15, 0.2) is 0 Å². The van der Waals surface area contributed by atoms with Crippen molar-refractivity contribution < 1.29 is 4.74 Å². The lowest BCUT2D eigenvalue weighted by Gasteiger charge is -2.49. The first-order valence-electron chi connectivity index (χ1n) is 6.55. The second-order valence-electron chi connectivity index (χ2n) is 6.63. The van der Waals surface area contributed by atoms with Gasteiger partial charge in [-0.15, -0.1) is 0 Å². The molecule has 1 aliphatic heterocycles. The summed E-state index contributed by atoms with van der Waals surface area (Å²) in [6, 6.07) is 0. The van der Waals surface area contributed by atoms with Gasteiger partial charge in [-0.3, -0.25) is 0 Å². The zero-order valence-corrected chi connectivity index (χ0v) is 10.6. The Morgan fingerprint density at radius 2 is 2.12 bits per heavy atom. The monoisotopic (exact) mass is 218 g/mol. The Labute approximate surface area is 98.6 Å². The third kappa shape index (κ3) is 1.44. The number of allylic oxidation sites excluding steroid dienone is 3. The molecule has 0 aromatic heterocycles. The molecule has 0 saturated heterocycles. The molecule has 1 nitrogen and oxygen atoms in total. The Kier molecular flexibility index (Phi) is 2.05. The summed E-state index contributed by atoms with van der Waals surface area (Å²) in [4.78, 5) is 0. The number of fused-ring (bicyclic) bond motifs is 1. The Hall–Kier alpha value is -0.720. The molecule has 16 heavy (non-hydrogen) atoms. The van der Waals surface area contributed by atoms with Crippen molar-refractivity contribution in [3.05, 3.63) is 24.0 Å². The fourth-order valence-corrected chi connectivity index (χ4v) is 3.89. The predicted molar refractivity (Wildman–Crippen MR) is 65.9 cm³/mol. The Morgan fingerprint density at radius 1 is 1.31 bits per heavy atom. The van der Waals surface area contributed by atoms with Crippen molar-refractivity contribution in [3.8, 4) is 0 Å². The summed E-state index contributed by atoms with van der Waals surface area (Å²) in [5.41, 5.74) is 2.02. The van der Waals surface area contributed by atoms with Crippen LogP contribution in [0.5, 0.6) is 0 Å². The molecule has 1 heterocycles. The first kappa shape index (κ1) is 10.4. The van der Waals surface area contributed by atoms with Crippen LogP contribution in [0.4, 0.5) is 0 Å². The molecular weight excluding hydrogens is 196 g/mol. The highest BCUT2D eigenvalue weighted by atomic mass is 16.5. The maximum atomic E-state index is 5.96. The Balaban J connectivity index is 2.02. The van der Waals surface area contributed by atoms with Crippen molar-refractivity contribution in [2.45, 2.75) is 52.1 Å². The molecule has 88 valence electrons. The molecule has 0 spiro atoms. The molecular formula is C15H22O. The van der Waals surface area contributed by atoms with Crippen LogP contribution in [0.3, 0.4) is 0 Å². The van der Waals surface area contributed by atoms with Gasteiger partial charge in [0.05, 0.1) is 6.26 Å². The van der Waals surface area contributed by atoms with Gasteiger partial charge in [0.25, 0.3) is 0 Å². The fourth-order valence-electron chi connectivity index (χ4n) is 3.89. The topological polar surface area (TPSA) is 9.23 Å². The van der Waals surface area contributed by atoms with E-state index in [1.165, 1.54) is 24.8 Å². The van der Waals surface area contributed by atoms with Gasteiger partial charge in [-0.25, -0.2) is 0 Å². The van der Waals surface area contributed by atoms with Crippen molar-refractivity contribution in [2.75, 3.05) is 0 Å². The average molecular weight is 218 g/mol. The van der Waals surface area contributed by atoms with Crippen LogP contribution >= 0.6 is 0 Å². The number of hydrogen-bond donors (Lipinski definition) is 0. The average Bonchev–Trinajstić information content (AvgIpc) is 2.33. The largest absolute Gasteiger partial charge is 0.495 e. The summed E-state index contributed by atoms with van der Waals surface area (Å²) in [6.07, 6.45) is 11.9. The van der Waals surface area contributed by atoms with Crippen molar-refractivity contribution in [2.24, 2.45) is 17.3 Å². The maximum Gasteiger partial charge on any atom is 0.106 e. The van der Waals surface area contributed by atoms with E-state index in [1.54, 1.807) is 0 Å². The second kappa shape index (κ2) is 3.15. The summed E-state index contributed by atoms with van der Waals surface area (Å²) < 4.78 is 5.96. The molecule has 2 aliphatic carbocycles. The van der Waals surface area contributed by atoms with Gasteiger partial charge in [0.2, 0.25) is 0 Å². The van der Waals surface area contributed by atoms with Gasteiger partial charge in [-0.1, -0.05) is 19.1 Å². The van der Waals surface area contributed by atoms with Crippen molar-refractivity contribution in [1.29, 1.82) is 0 Å². The summed E-state index contributed by atoms with van der Waals surface area (Å²) >= 11 is 0. The zero-order chi connectivity index (χ0) is 11.4. The molecule has 2 bridgehead atoms. The highest BCUT2D eigenvalue weighted by Gasteiger charge is 2.48. The van der Waals surface area contributed by atoms with E-state index in [1.807, 2.05) is 0 Å². The normalized spacial score (nSPS) is 44.3. The molecule has 1 heteroatoms. The van der Waals surface area contributed by atoms with Gasteiger partial charge in [0, 0.05) is 5.92 Å². The van der Waals surface area contributed by atoms with Crippen LogP contribution in [-0.2, 0) is 4.74 Å². The smallest absolute Gasteiger partial charge is 0.106 e. The van der Waals surface area contributed by atoms with E-state index in [-0.39, 0.29) is 5.60 Å². The number of hydrogen-bond acceptors (Lipinski definition) is 1. The molecule has 1 fully saturated rings. The van der Waals surface area contributed by atoms with Crippen LogP contribution in [0.15, 0.2) is 24.0 Å². The van der Waals surface area contributed by atoms with Crippen molar-refractivity contribution in [1.82, 2.24) is 0 Å². The Bertz CT molecular complexity index is 364. The van der Waals surface area contributed by atoms with E-state index in [4.69, 9.17) is 4.74 Å². The van der Waals surface area contributed by atoms with E-state index in [9.17, 15) is 0 Å². The fraction of sp³-hybridized carbons (Fsp3) is 0.733. The van der Waals surface area contributed by atoms with E-state index >= 15 is 0 Å². The van der Waals surface area contributed by atoms with E-state index in [2.05, 4.69) is 39.2 Å². The van der Waals surface area contributed by atoms with Crippen molar-refractivity contribution in [3.63, 3.8) is 0 Å². The molecule has 3 atom stereocenters. The van der Waals surface area contributed by atoms with Crippen LogP contribution in [0, 0.1) is 17.3 Å².